The Morgan fingerprint density at radius 2 is 1.44 bits per heavy atom. The lowest BCUT2D eigenvalue weighted by atomic mass is 9.69. The van der Waals surface area contributed by atoms with Gasteiger partial charge in [-0.25, -0.2) is 0 Å². The lowest BCUT2D eigenvalue weighted by Crippen LogP contribution is -2.27. The third kappa shape index (κ3) is 8.94. The van der Waals surface area contributed by atoms with Crippen LogP contribution < -0.4 is 4.74 Å². The smallest absolute Gasteiger partial charge is 0.303 e. The minimum Gasteiger partial charge on any atom is -0.490 e. The number of hydrogen-bond donors (Lipinski definition) is 3. The monoisotopic (exact) mass is 540 g/mol. The first-order valence-corrected chi connectivity index (χ1v) is 14.6. The molecular formula is C34H52O5. The average molecular weight is 541 g/mol. The molecule has 218 valence electrons. The van der Waals surface area contributed by atoms with Crippen LogP contribution >= 0.6 is 0 Å². The van der Waals surface area contributed by atoms with Gasteiger partial charge in [-0.3, -0.25) is 4.79 Å². The maximum atomic E-state index is 10.8. The van der Waals surface area contributed by atoms with E-state index >= 15 is 0 Å². The second-order valence-corrected chi connectivity index (χ2v) is 10.3. The van der Waals surface area contributed by atoms with Crippen molar-refractivity contribution >= 4 is 12.0 Å². The first-order chi connectivity index (χ1) is 18.4. The van der Waals surface area contributed by atoms with Crippen molar-refractivity contribution in [1.29, 1.82) is 0 Å². The van der Waals surface area contributed by atoms with Crippen molar-refractivity contribution in [3.8, 4) is 5.75 Å². The fourth-order valence-corrected chi connectivity index (χ4v) is 5.13. The minimum atomic E-state index is -0.922. The summed E-state index contributed by atoms with van der Waals surface area (Å²) in [6.07, 6.45) is 6.48. The molecule has 0 amide bonds. The van der Waals surface area contributed by atoms with Crippen LogP contribution in [0.5, 0.6) is 5.75 Å². The molecule has 0 saturated carbocycles. The van der Waals surface area contributed by atoms with Crippen molar-refractivity contribution in [2.75, 3.05) is 6.61 Å². The van der Waals surface area contributed by atoms with E-state index in [1.165, 1.54) is 16.7 Å². The number of aryl methyl sites for hydroxylation is 3. The molecule has 0 radical (unpaired) electrons. The molecule has 0 aliphatic rings. The van der Waals surface area contributed by atoms with Crippen molar-refractivity contribution in [1.82, 2.24) is 0 Å². The van der Waals surface area contributed by atoms with Crippen molar-refractivity contribution in [3.63, 3.8) is 0 Å². The van der Waals surface area contributed by atoms with E-state index in [4.69, 9.17) is 9.84 Å². The van der Waals surface area contributed by atoms with Crippen LogP contribution in [0.2, 0.25) is 0 Å². The Morgan fingerprint density at radius 3 is 1.90 bits per heavy atom. The summed E-state index contributed by atoms with van der Waals surface area (Å²) < 4.78 is 5.94. The summed E-state index contributed by atoms with van der Waals surface area (Å²) in [4.78, 5) is 10.8. The van der Waals surface area contributed by atoms with E-state index in [9.17, 15) is 15.0 Å². The molecule has 0 bridgehead atoms. The van der Waals surface area contributed by atoms with Crippen LogP contribution in [0.1, 0.15) is 113 Å². The van der Waals surface area contributed by atoms with E-state index in [1.54, 1.807) is 0 Å². The Bertz CT molecular complexity index is 1050. The number of ether oxygens (including phenoxy) is 1. The van der Waals surface area contributed by atoms with Gasteiger partial charge < -0.3 is 20.1 Å². The van der Waals surface area contributed by atoms with E-state index in [0.29, 0.717) is 12.8 Å². The van der Waals surface area contributed by atoms with Crippen molar-refractivity contribution in [3.05, 3.63) is 69.8 Å². The summed E-state index contributed by atoms with van der Waals surface area (Å²) in [5.41, 5.74) is 5.87. The number of carboxylic acid groups (broad SMARTS) is 1. The van der Waals surface area contributed by atoms with Gasteiger partial charge in [0.05, 0.1) is 11.7 Å². The zero-order valence-electron chi connectivity index (χ0n) is 25.7. The number of aliphatic hydroxyl groups excluding tert-OH is 1. The van der Waals surface area contributed by atoms with Crippen LogP contribution in [-0.4, -0.2) is 39.6 Å². The number of aliphatic carboxylic acids is 1. The molecule has 1 unspecified atom stereocenters. The summed E-state index contributed by atoms with van der Waals surface area (Å²) in [5.74, 6) is -0.177. The number of hydrogen-bond acceptors (Lipinski definition) is 4. The average Bonchev–Trinajstić information content (AvgIpc) is 2.93. The van der Waals surface area contributed by atoms with Gasteiger partial charge in [0.1, 0.15) is 12.4 Å². The summed E-state index contributed by atoms with van der Waals surface area (Å²) in [6.45, 7) is 18.7. The zero-order valence-corrected chi connectivity index (χ0v) is 25.7. The molecule has 2 aromatic carbocycles. The van der Waals surface area contributed by atoms with Gasteiger partial charge in [-0.15, -0.1) is 0 Å². The summed E-state index contributed by atoms with van der Waals surface area (Å²) in [6, 6.07) is 11.0. The van der Waals surface area contributed by atoms with Gasteiger partial charge in [-0.05, 0) is 86.3 Å². The second-order valence-electron chi connectivity index (χ2n) is 10.3. The van der Waals surface area contributed by atoms with Crippen molar-refractivity contribution in [2.24, 2.45) is 0 Å². The number of carboxylic acids is 1. The van der Waals surface area contributed by atoms with Gasteiger partial charge in [-0.2, -0.15) is 0 Å². The van der Waals surface area contributed by atoms with Gasteiger partial charge in [-0.1, -0.05) is 84.0 Å². The molecule has 0 saturated heterocycles. The Balaban J connectivity index is 0.00000371. The number of benzene rings is 2. The molecule has 0 aliphatic heterocycles. The van der Waals surface area contributed by atoms with Gasteiger partial charge in [0, 0.05) is 11.8 Å². The SMILES string of the molecule is CC.CCC(O)(/C=C/c1ccc(C(CC)(CC)c2cc(C)c(OCC(O)CCC(=O)O)c(C)c2)cc1C)CC. The van der Waals surface area contributed by atoms with Crippen molar-refractivity contribution < 1.29 is 24.9 Å². The normalized spacial score (nSPS) is 12.7. The number of carbonyl (C=O) groups is 1. The van der Waals surface area contributed by atoms with Crippen LogP contribution in [0.4, 0.5) is 0 Å². The topological polar surface area (TPSA) is 87.0 Å². The highest BCUT2D eigenvalue weighted by Crippen LogP contribution is 2.42. The molecule has 1 atom stereocenters. The molecule has 0 spiro atoms. The third-order valence-electron chi connectivity index (χ3n) is 7.95. The lowest BCUT2D eigenvalue weighted by molar-refractivity contribution is -0.137. The molecule has 3 N–H and O–H groups in total. The highest BCUT2D eigenvalue weighted by molar-refractivity contribution is 5.66. The maximum Gasteiger partial charge on any atom is 0.303 e. The Morgan fingerprint density at radius 1 is 0.897 bits per heavy atom. The molecule has 5 nitrogen and oxygen atoms in total. The molecule has 0 aliphatic carbocycles. The second kappa shape index (κ2) is 15.8. The fourth-order valence-electron chi connectivity index (χ4n) is 5.13. The minimum absolute atomic E-state index is 0.0698. The Hall–Kier alpha value is -2.63. The number of rotatable bonds is 14. The van der Waals surface area contributed by atoms with Crippen molar-refractivity contribution in [2.45, 2.75) is 118 Å². The Kier molecular flexibility index (Phi) is 14.0. The largest absolute Gasteiger partial charge is 0.490 e. The number of aliphatic hydroxyl groups is 2. The van der Waals surface area contributed by atoms with Gasteiger partial charge in [0.15, 0.2) is 0 Å². The maximum absolute atomic E-state index is 10.8. The molecule has 39 heavy (non-hydrogen) atoms. The molecule has 0 heterocycles. The van der Waals surface area contributed by atoms with Gasteiger partial charge in [0.25, 0.3) is 0 Å². The quantitative estimate of drug-likeness (QED) is 0.227. The van der Waals surface area contributed by atoms with E-state index < -0.39 is 17.7 Å². The van der Waals surface area contributed by atoms with Crippen LogP contribution in [0.3, 0.4) is 0 Å². The van der Waals surface area contributed by atoms with Gasteiger partial charge >= 0.3 is 5.97 Å². The third-order valence-corrected chi connectivity index (χ3v) is 7.95. The molecule has 0 fully saturated rings. The van der Waals surface area contributed by atoms with Crippen LogP contribution in [0.15, 0.2) is 36.4 Å². The predicted molar refractivity (Wildman–Crippen MR) is 163 cm³/mol. The van der Waals surface area contributed by atoms with E-state index in [-0.39, 0.29) is 24.9 Å². The predicted octanol–water partition coefficient (Wildman–Crippen LogP) is 7.91. The highest BCUT2D eigenvalue weighted by atomic mass is 16.5. The van der Waals surface area contributed by atoms with E-state index in [0.717, 1.165) is 35.3 Å². The molecule has 5 heteroatoms. The van der Waals surface area contributed by atoms with E-state index in [1.807, 2.05) is 53.7 Å². The molecular weight excluding hydrogens is 488 g/mol. The van der Waals surface area contributed by atoms with Crippen LogP contribution in [-0.2, 0) is 10.2 Å². The van der Waals surface area contributed by atoms with Crippen LogP contribution in [0, 0.1) is 20.8 Å². The molecule has 2 rings (SSSR count). The highest BCUT2D eigenvalue weighted by Gasteiger charge is 2.32. The summed E-state index contributed by atoms with van der Waals surface area (Å²) in [5, 5.41) is 29.6. The molecule has 2 aromatic rings. The standard InChI is InChI=1S/C32H46O5.C2H6/c1-8-31(36,9-2)17-16-25-12-13-26(18-22(25)5)32(10-3,11-4)27-19-23(6)30(24(7)20-27)37-21-28(33)14-15-29(34)35;1-2/h12-13,16-20,28,33,36H,8-11,14-15,21H2,1-7H3,(H,34,35);1-2H3/b17-16+;. The molecule has 0 aromatic heterocycles. The summed E-state index contributed by atoms with van der Waals surface area (Å²) in [7, 11) is 0. The summed E-state index contributed by atoms with van der Waals surface area (Å²) >= 11 is 0. The fraction of sp³-hybridized carbons (Fsp3) is 0.559. The van der Waals surface area contributed by atoms with E-state index in [2.05, 4.69) is 51.1 Å². The van der Waals surface area contributed by atoms with Gasteiger partial charge in [0.2, 0.25) is 0 Å². The first-order valence-electron chi connectivity index (χ1n) is 14.6. The zero-order chi connectivity index (χ0) is 29.8. The Labute approximate surface area is 236 Å². The van der Waals surface area contributed by atoms with Crippen LogP contribution in [0.25, 0.3) is 6.08 Å². The lowest BCUT2D eigenvalue weighted by Gasteiger charge is -2.35. The first kappa shape index (κ1) is 34.4.